The Labute approximate surface area is 125 Å². The highest BCUT2D eigenvalue weighted by molar-refractivity contribution is 9.10. The molecule has 2 aromatic rings. The van der Waals surface area contributed by atoms with Crippen LogP contribution in [0.1, 0.15) is 41.9 Å². The number of carbonyl (C=O) groups is 1. The van der Waals surface area contributed by atoms with Crippen molar-refractivity contribution >= 4 is 21.9 Å². The van der Waals surface area contributed by atoms with Crippen LogP contribution in [0.3, 0.4) is 0 Å². The minimum atomic E-state index is -0.428. The van der Waals surface area contributed by atoms with E-state index in [4.69, 9.17) is 9.15 Å². The third-order valence-electron chi connectivity index (χ3n) is 3.15. The molecule has 0 saturated heterocycles. The molecule has 1 aliphatic rings. The van der Waals surface area contributed by atoms with Gasteiger partial charge in [-0.25, -0.2) is 9.78 Å². The topological polar surface area (TPSA) is 52.3 Å². The van der Waals surface area contributed by atoms with Crippen molar-refractivity contribution in [3.05, 3.63) is 40.2 Å². The molecule has 4 nitrogen and oxygen atoms in total. The summed E-state index contributed by atoms with van der Waals surface area (Å²) in [5, 5.41) is 0. The van der Waals surface area contributed by atoms with Crippen LogP contribution in [0.5, 0.6) is 0 Å². The van der Waals surface area contributed by atoms with Crippen LogP contribution < -0.4 is 0 Å². The van der Waals surface area contributed by atoms with Crippen LogP contribution in [0.25, 0.3) is 11.5 Å². The lowest BCUT2D eigenvalue weighted by Gasteiger charge is -1.99. The van der Waals surface area contributed by atoms with E-state index >= 15 is 0 Å². The fourth-order valence-electron chi connectivity index (χ4n) is 2.05. The van der Waals surface area contributed by atoms with Gasteiger partial charge in [-0.05, 0) is 38.0 Å². The van der Waals surface area contributed by atoms with Gasteiger partial charge in [-0.1, -0.05) is 22.0 Å². The quantitative estimate of drug-likeness (QED) is 0.787. The Morgan fingerprint density at radius 1 is 1.50 bits per heavy atom. The van der Waals surface area contributed by atoms with Gasteiger partial charge >= 0.3 is 5.97 Å². The zero-order valence-electron chi connectivity index (χ0n) is 11.1. The van der Waals surface area contributed by atoms with Crippen molar-refractivity contribution in [2.75, 3.05) is 6.61 Å². The third-order valence-corrected chi connectivity index (χ3v) is 3.64. The van der Waals surface area contributed by atoms with Crippen LogP contribution in [-0.2, 0) is 4.74 Å². The number of halogens is 1. The maximum Gasteiger partial charge on any atom is 0.376 e. The zero-order chi connectivity index (χ0) is 14.1. The fourth-order valence-corrected chi connectivity index (χ4v) is 2.45. The van der Waals surface area contributed by atoms with Gasteiger partial charge in [0.1, 0.15) is 0 Å². The number of benzene rings is 1. The Balaban J connectivity index is 2.00. The Bertz CT molecular complexity index is 646. The van der Waals surface area contributed by atoms with E-state index in [-0.39, 0.29) is 5.76 Å². The van der Waals surface area contributed by atoms with Crippen LogP contribution in [-0.4, -0.2) is 17.6 Å². The molecule has 1 heterocycles. The van der Waals surface area contributed by atoms with E-state index in [9.17, 15) is 4.79 Å². The lowest BCUT2D eigenvalue weighted by atomic mass is 10.2. The molecule has 0 radical (unpaired) electrons. The highest BCUT2D eigenvalue weighted by atomic mass is 79.9. The Hall–Kier alpha value is -1.62. The number of nitrogens with zero attached hydrogens (tertiary/aromatic N) is 1. The molecule has 20 heavy (non-hydrogen) atoms. The number of oxazole rings is 1. The fraction of sp³-hybridized carbons (Fsp3) is 0.333. The van der Waals surface area contributed by atoms with Crippen molar-refractivity contribution in [1.29, 1.82) is 0 Å². The molecule has 3 rings (SSSR count). The number of rotatable bonds is 4. The lowest BCUT2D eigenvalue weighted by molar-refractivity contribution is 0.0489. The third kappa shape index (κ3) is 2.63. The van der Waals surface area contributed by atoms with Crippen LogP contribution in [0.15, 0.2) is 33.2 Å². The molecule has 1 aliphatic carbocycles. The SMILES string of the molecule is CCOC(=O)c1oc(-c2cccc(Br)c2)nc1C1CC1. The first-order valence-electron chi connectivity index (χ1n) is 6.63. The van der Waals surface area contributed by atoms with Gasteiger partial charge < -0.3 is 9.15 Å². The summed E-state index contributed by atoms with van der Waals surface area (Å²) < 4.78 is 11.6. The summed E-state index contributed by atoms with van der Waals surface area (Å²) in [6.45, 7) is 2.11. The average Bonchev–Trinajstić information content (AvgIpc) is 3.18. The molecular formula is C15H14BrNO3. The molecule has 1 fully saturated rings. The maximum absolute atomic E-state index is 11.9. The van der Waals surface area contributed by atoms with Crippen molar-refractivity contribution in [3.8, 4) is 11.5 Å². The highest BCUT2D eigenvalue weighted by Gasteiger charge is 2.34. The molecule has 1 saturated carbocycles. The minimum Gasteiger partial charge on any atom is -0.460 e. The van der Waals surface area contributed by atoms with Gasteiger partial charge in [0.25, 0.3) is 0 Å². The minimum absolute atomic E-state index is 0.254. The Morgan fingerprint density at radius 3 is 2.95 bits per heavy atom. The van der Waals surface area contributed by atoms with Crippen molar-refractivity contribution < 1.29 is 13.9 Å². The second kappa shape index (κ2) is 5.40. The van der Waals surface area contributed by atoms with Gasteiger partial charge in [0.05, 0.1) is 12.3 Å². The summed E-state index contributed by atoms with van der Waals surface area (Å²) in [6, 6.07) is 7.66. The summed E-state index contributed by atoms with van der Waals surface area (Å²) in [4.78, 5) is 16.4. The van der Waals surface area contributed by atoms with E-state index in [0.29, 0.717) is 18.4 Å². The molecule has 0 spiro atoms. The predicted molar refractivity (Wildman–Crippen MR) is 77.6 cm³/mol. The Morgan fingerprint density at radius 2 is 2.30 bits per heavy atom. The van der Waals surface area contributed by atoms with Crippen molar-refractivity contribution in [2.45, 2.75) is 25.7 Å². The zero-order valence-corrected chi connectivity index (χ0v) is 12.6. The number of aromatic nitrogens is 1. The van der Waals surface area contributed by atoms with Crippen LogP contribution in [0.2, 0.25) is 0 Å². The van der Waals surface area contributed by atoms with Crippen LogP contribution >= 0.6 is 15.9 Å². The van der Waals surface area contributed by atoms with Gasteiger partial charge in [-0.2, -0.15) is 0 Å². The molecular weight excluding hydrogens is 322 g/mol. The second-order valence-corrected chi connectivity index (χ2v) is 5.65. The molecule has 5 heteroatoms. The van der Waals surface area contributed by atoms with Crippen LogP contribution in [0.4, 0.5) is 0 Å². The molecule has 0 amide bonds. The monoisotopic (exact) mass is 335 g/mol. The second-order valence-electron chi connectivity index (χ2n) is 4.74. The van der Waals surface area contributed by atoms with E-state index < -0.39 is 5.97 Å². The molecule has 0 atom stereocenters. The molecule has 1 aromatic carbocycles. The lowest BCUT2D eigenvalue weighted by Crippen LogP contribution is -2.05. The number of hydrogen-bond acceptors (Lipinski definition) is 4. The predicted octanol–water partition coefficient (Wildman–Crippen LogP) is 4.16. The van der Waals surface area contributed by atoms with Gasteiger partial charge in [-0.3, -0.25) is 0 Å². The number of esters is 1. The summed E-state index contributed by atoms with van der Waals surface area (Å²) in [5.41, 5.74) is 1.58. The molecule has 0 aliphatic heterocycles. The Kier molecular flexibility index (Phi) is 3.61. The molecule has 0 N–H and O–H groups in total. The molecule has 1 aromatic heterocycles. The standard InChI is InChI=1S/C15H14BrNO3/c1-2-19-15(18)13-12(9-6-7-9)17-14(20-13)10-4-3-5-11(16)8-10/h3-5,8-9H,2,6-7H2,1H3. The van der Waals surface area contributed by atoms with E-state index in [1.54, 1.807) is 6.92 Å². The average molecular weight is 336 g/mol. The van der Waals surface area contributed by atoms with E-state index in [0.717, 1.165) is 28.6 Å². The summed E-state index contributed by atoms with van der Waals surface area (Å²) in [6.07, 6.45) is 2.10. The summed E-state index contributed by atoms with van der Waals surface area (Å²) in [5.74, 6) is 0.628. The van der Waals surface area contributed by atoms with Crippen molar-refractivity contribution in [3.63, 3.8) is 0 Å². The number of ether oxygens (including phenoxy) is 1. The van der Waals surface area contributed by atoms with Gasteiger partial charge in [0, 0.05) is 16.0 Å². The number of hydrogen-bond donors (Lipinski definition) is 0. The van der Waals surface area contributed by atoms with Gasteiger partial charge in [-0.15, -0.1) is 0 Å². The largest absolute Gasteiger partial charge is 0.460 e. The first-order valence-corrected chi connectivity index (χ1v) is 7.42. The first-order chi connectivity index (χ1) is 9.69. The molecule has 0 bridgehead atoms. The first kappa shape index (κ1) is 13.4. The molecule has 104 valence electrons. The van der Waals surface area contributed by atoms with Crippen molar-refractivity contribution in [2.24, 2.45) is 0 Å². The van der Waals surface area contributed by atoms with Gasteiger partial charge in [0.2, 0.25) is 11.7 Å². The normalized spacial score (nSPS) is 14.3. The van der Waals surface area contributed by atoms with Crippen LogP contribution in [0, 0.1) is 0 Å². The number of carbonyl (C=O) groups excluding carboxylic acids is 1. The molecule has 0 unspecified atom stereocenters. The maximum atomic E-state index is 11.9. The van der Waals surface area contributed by atoms with Crippen molar-refractivity contribution in [1.82, 2.24) is 4.98 Å². The van der Waals surface area contributed by atoms with Gasteiger partial charge in [0.15, 0.2) is 0 Å². The summed E-state index contributed by atoms with van der Waals surface area (Å²) in [7, 11) is 0. The van der Waals surface area contributed by atoms with E-state index in [1.165, 1.54) is 0 Å². The van der Waals surface area contributed by atoms with E-state index in [2.05, 4.69) is 20.9 Å². The highest BCUT2D eigenvalue weighted by Crippen LogP contribution is 2.42. The van der Waals surface area contributed by atoms with E-state index in [1.807, 2.05) is 24.3 Å². The smallest absolute Gasteiger partial charge is 0.376 e. The summed E-state index contributed by atoms with van der Waals surface area (Å²) >= 11 is 3.42.